The van der Waals surface area contributed by atoms with Crippen LogP contribution in [-0.2, 0) is 42.9 Å². The maximum atomic E-state index is 11.6. The van der Waals surface area contributed by atoms with E-state index in [1.54, 1.807) is 20.8 Å². The van der Waals surface area contributed by atoms with Gasteiger partial charge in [-0.2, -0.15) is 0 Å². The lowest BCUT2D eigenvalue weighted by Crippen LogP contribution is -2.52. The number of esters is 4. The van der Waals surface area contributed by atoms with Crippen LogP contribution in [0.1, 0.15) is 68.2 Å². The molecule has 5 N–H and O–H groups in total. The van der Waals surface area contributed by atoms with Crippen molar-refractivity contribution in [2.75, 3.05) is 52.7 Å². The van der Waals surface area contributed by atoms with Crippen molar-refractivity contribution in [1.82, 2.24) is 5.32 Å². The van der Waals surface area contributed by atoms with E-state index in [4.69, 9.17) is 24.1 Å². The lowest BCUT2D eigenvalue weighted by atomic mass is 9.91. The van der Waals surface area contributed by atoms with E-state index in [-0.39, 0.29) is 57.5 Å². The van der Waals surface area contributed by atoms with E-state index in [9.17, 15) is 24.0 Å². The number of amides is 1. The van der Waals surface area contributed by atoms with Gasteiger partial charge in [0.15, 0.2) is 0 Å². The number of rotatable bonds is 16. The van der Waals surface area contributed by atoms with Gasteiger partial charge in [-0.1, -0.05) is 27.0 Å². The molecule has 0 radical (unpaired) electrons. The molecule has 0 saturated heterocycles. The van der Waals surface area contributed by atoms with E-state index in [1.165, 1.54) is 6.92 Å². The maximum absolute atomic E-state index is 11.6. The summed E-state index contributed by atoms with van der Waals surface area (Å²) in [5, 5.41) is 10.8. The Balaban J connectivity index is -0.000000630. The lowest BCUT2D eigenvalue weighted by molar-refractivity contribution is -0.372. The molecule has 0 heterocycles. The second-order valence-electron chi connectivity index (χ2n) is 10.2. The Morgan fingerprint density at radius 2 is 1.10 bits per heavy atom. The van der Waals surface area contributed by atoms with Gasteiger partial charge in [0.25, 0.3) is 0 Å². The Kier molecular flexibility index (Phi) is 24.8. The van der Waals surface area contributed by atoms with Gasteiger partial charge < -0.3 is 39.8 Å². The molecule has 0 atom stereocenters. The largest absolute Gasteiger partial charge is 0.463 e. The number of aliphatic hydroxyl groups excluding tert-OH is 1. The fourth-order valence-electron chi connectivity index (χ4n) is 1.85. The first-order chi connectivity index (χ1) is 19.4. The molecule has 0 aromatic carbocycles. The third-order valence-corrected chi connectivity index (χ3v) is 5.43. The summed E-state index contributed by atoms with van der Waals surface area (Å²) in [5.41, 5.74) is 3.27. The summed E-state index contributed by atoms with van der Waals surface area (Å²) in [6, 6.07) is 0. The Morgan fingerprint density at radius 3 is 1.48 bits per heavy atom. The molecule has 13 nitrogen and oxygen atoms in total. The smallest absolute Gasteiger partial charge is 0.407 e. The van der Waals surface area contributed by atoms with Gasteiger partial charge in [-0.15, -0.1) is 0 Å². The molecule has 0 fully saturated rings. The zero-order valence-electron chi connectivity index (χ0n) is 26.7. The van der Waals surface area contributed by atoms with Crippen LogP contribution in [0.4, 0.5) is 4.79 Å². The van der Waals surface area contributed by atoms with Crippen molar-refractivity contribution in [1.29, 1.82) is 0 Å². The highest BCUT2D eigenvalue weighted by atomic mass is 16.6. The van der Waals surface area contributed by atoms with Crippen LogP contribution >= 0.6 is 0 Å². The summed E-state index contributed by atoms with van der Waals surface area (Å²) in [4.78, 5) is 55.7. The molecule has 0 aliphatic rings. The average molecular weight is 606 g/mol. The Labute approximate surface area is 250 Å². The highest BCUT2D eigenvalue weighted by Crippen LogP contribution is 2.21. The molecule has 0 aromatic heterocycles. The number of nitrogens with one attached hydrogen (secondary N) is 1. The van der Waals surface area contributed by atoms with Crippen molar-refractivity contribution in [2.45, 2.75) is 68.2 Å². The highest BCUT2D eigenvalue weighted by molar-refractivity contribution is 5.87. The lowest BCUT2D eigenvalue weighted by Gasteiger charge is -2.20. The Bertz CT molecular complexity index is 868. The van der Waals surface area contributed by atoms with E-state index in [0.717, 1.165) is 6.42 Å². The molecular formula is C29H53N2O11+. The molecule has 0 aliphatic heterocycles. The van der Waals surface area contributed by atoms with Gasteiger partial charge in [0.05, 0.1) is 24.0 Å². The van der Waals surface area contributed by atoms with Crippen molar-refractivity contribution < 1.29 is 58.5 Å². The van der Waals surface area contributed by atoms with Gasteiger partial charge in [-0.05, 0) is 54.4 Å². The first kappa shape index (κ1) is 43.0. The van der Waals surface area contributed by atoms with Gasteiger partial charge in [0, 0.05) is 11.1 Å². The summed E-state index contributed by atoms with van der Waals surface area (Å²) < 4.78 is 24.0. The standard InChI is InChI=1S/C15H25NO6.C8H16O3.C6H11NO2/c1-6-15(4,5)13(18)21-9-10-22-14(19)16-7-8-20-12(17)11(2)3;1-4-8(2,3)7(10)11-6-5-9;1-5(2)6(8)9-4-3-7/h2,6-10H2,1,3-5H3,(H,16,19);9H,4-6H2,1-3H3;1,3-4,7H2,2H3/p+1. The first-order valence-corrected chi connectivity index (χ1v) is 13.7. The van der Waals surface area contributed by atoms with E-state index < -0.39 is 22.9 Å². The van der Waals surface area contributed by atoms with Gasteiger partial charge in [0.2, 0.25) is 0 Å². The topological polar surface area (TPSA) is 191 Å². The third-order valence-electron chi connectivity index (χ3n) is 5.43. The predicted octanol–water partition coefficient (Wildman–Crippen LogP) is 2.12. The quantitative estimate of drug-likeness (QED) is 0.101. The summed E-state index contributed by atoms with van der Waals surface area (Å²) >= 11 is 0. The molecule has 42 heavy (non-hydrogen) atoms. The van der Waals surface area contributed by atoms with Crippen LogP contribution in [-0.4, -0.2) is 87.8 Å². The third kappa shape index (κ3) is 23.3. The number of alkyl carbamates (subject to hydrolysis) is 1. The average Bonchev–Trinajstić information content (AvgIpc) is 2.94. The summed E-state index contributed by atoms with van der Waals surface area (Å²) in [6.45, 7) is 22.1. The summed E-state index contributed by atoms with van der Waals surface area (Å²) in [7, 11) is 0. The minimum Gasteiger partial charge on any atom is -0.463 e. The van der Waals surface area contributed by atoms with E-state index in [1.807, 2.05) is 27.7 Å². The van der Waals surface area contributed by atoms with Crippen molar-refractivity contribution >= 4 is 30.0 Å². The van der Waals surface area contributed by atoms with Crippen LogP contribution < -0.4 is 11.1 Å². The maximum Gasteiger partial charge on any atom is 0.407 e. The van der Waals surface area contributed by atoms with Gasteiger partial charge >= 0.3 is 30.0 Å². The molecule has 0 bridgehead atoms. The number of carbonyl (C=O) groups is 5. The molecule has 244 valence electrons. The predicted molar refractivity (Wildman–Crippen MR) is 156 cm³/mol. The molecule has 0 rings (SSSR count). The van der Waals surface area contributed by atoms with Gasteiger partial charge in [-0.3, -0.25) is 9.59 Å². The Morgan fingerprint density at radius 1 is 0.690 bits per heavy atom. The number of aliphatic hydroxyl groups is 1. The van der Waals surface area contributed by atoms with Crippen molar-refractivity contribution in [2.24, 2.45) is 10.8 Å². The second kappa shape index (κ2) is 24.2. The molecule has 0 aliphatic carbocycles. The molecule has 13 heteroatoms. The number of ether oxygens (including phenoxy) is 5. The Hall–Kier alpha value is -3.45. The molecule has 0 saturated carbocycles. The molecule has 0 spiro atoms. The highest BCUT2D eigenvalue weighted by Gasteiger charge is 2.27. The van der Waals surface area contributed by atoms with Crippen molar-refractivity contribution in [3.63, 3.8) is 0 Å². The zero-order chi connectivity index (χ0) is 33.4. The number of hydrogen-bond donors (Lipinski definition) is 3. The molecular weight excluding hydrogens is 552 g/mol. The SMILES string of the molecule is C=C(C)C(=O)OCCNC(=O)OCCOC(=O)C(C)(C)CC.C=C(C)C(=O)OCC[NH3+].CCC(C)(C)C(=O)OCCO. The number of carbonyl (C=O) groups excluding carboxylic acids is 5. The van der Waals surface area contributed by atoms with Gasteiger partial charge in [-0.25, -0.2) is 14.4 Å². The van der Waals surface area contributed by atoms with Crippen molar-refractivity contribution in [3.05, 3.63) is 24.3 Å². The van der Waals surface area contributed by atoms with E-state index in [2.05, 4.69) is 28.9 Å². The minimum absolute atomic E-state index is 0.000325. The van der Waals surface area contributed by atoms with Gasteiger partial charge in [0.1, 0.15) is 39.6 Å². The molecule has 1 amide bonds. The monoisotopic (exact) mass is 605 g/mol. The van der Waals surface area contributed by atoms with E-state index in [0.29, 0.717) is 30.7 Å². The van der Waals surface area contributed by atoms with Crippen LogP contribution in [0.2, 0.25) is 0 Å². The first-order valence-electron chi connectivity index (χ1n) is 13.7. The summed E-state index contributed by atoms with van der Waals surface area (Å²) in [5.74, 6) is -1.42. The molecule has 0 aromatic rings. The minimum atomic E-state index is -0.669. The van der Waals surface area contributed by atoms with Crippen molar-refractivity contribution in [3.8, 4) is 0 Å². The fourth-order valence-corrected chi connectivity index (χ4v) is 1.85. The second-order valence-corrected chi connectivity index (χ2v) is 10.2. The van der Waals surface area contributed by atoms with Crippen LogP contribution in [0, 0.1) is 10.8 Å². The fraction of sp³-hybridized carbons (Fsp3) is 0.690. The zero-order valence-corrected chi connectivity index (χ0v) is 26.7. The normalized spacial score (nSPS) is 10.3. The summed E-state index contributed by atoms with van der Waals surface area (Å²) in [6.07, 6.45) is 0.741. The number of hydrogen-bond acceptors (Lipinski definition) is 11. The van der Waals surface area contributed by atoms with Crippen LogP contribution in [0.3, 0.4) is 0 Å². The molecule has 0 unspecified atom stereocenters. The van der Waals surface area contributed by atoms with Crippen LogP contribution in [0.15, 0.2) is 24.3 Å². The number of quaternary nitrogens is 1. The van der Waals surface area contributed by atoms with Crippen LogP contribution in [0.5, 0.6) is 0 Å². The van der Waals surface area contributed by atoms with Crippen LogP contribution in [0.25, 0.3) is 0 Å². The van der Waals surface area contributed by atoms with E-state index >= 15 is 0 Å².